The molecule has 2 aliphatic rings. The number of nitrogens with zero attached hydrogens (tertiary/aromatic N) is 5. The SMILES string of the molecule is CC(C)OC(=O)C1CCCC(Oc2ccc(-c3nnn(C)c3COC(=O)N(C)CC3CCC3)nc2C(F)F)C1. The molecule has 12 heteroatoms. The number of halogens is 2. The molecule has 0 bridgehead atoms. The van der Waals surface area contributed by atoms with Crippen LogP contribution in [0.25, 0.3) is 11.4 Å². The predicted octanol–water partition coefficient (Wildman–Crippen LogP) is 5.07. The maximum Gasteiger partial charge on any atom is 0.409 e. The molecule has 2 unspecified atom stereocenters. The Morgan fingerprint density at radius 3 is 2.56 bits per heavy atom. The van der Waals surface area contributed by atoms with Gasteiger partial charge in [-0.3, -0.25) is 4.79 Å². The molecule has 0 saturated heterocycles. The van der Waals surface area contributed by atoms with Gasteiger partial charge in [0.25, 0.3) is 6.43 Å². The van der Waals surface area contributed by atoms with E-state index in [-0.39, 0.29) is 41.7 Å². The van der Waals surface area contributed by atoms with E-state index in [1.54, 1.807) is 32.8 Å². The van der Waals surface area contributed by atoms with Gasteiger partial charge in [-0.15, -0.1) is 5.10 Å². The zero-order valence-electron chi connectivity index (χ0n) is 22.9. The van der Waals surface area contributed by atoms with E-state index in [2.05, 4.69) is 15.3 Å². The van der Waals surface area contributed by atoms with Gasteiger partial charge in [0, 0.05) is 20.6 Å². The number of aromatic nitrogens is 4. The third-order valence-corrected chi connectivity index (χ3v) is 7.28. The minimum Gasteiger partial charge on any atom is -0.488 e. The highest BCUT2D eigenvalue weighted by molar-refractivity contribution is 5.72. The van der Waals surface area contributed by atoms with Crippen molar-refractivity contribution < 1.29 is 32.6 Å². The van der Waals surface area contributed by atoms with Crippen molar-refractivity contribution in [2.45, 2.75) is 84.0 Å². The summed E-state index contributed by atoms with van der Waals surface area (Å²) in [4.78, 5) is 30.5. The van der Waals surface area contributed by atoms with Crippen molar-refractivity contribution in [3.8, 4) is 17.1 Å². The molecule has 2 aromatic rings. The first-order chi connectivity index (χ1) is 18.6. The number of hydrogen-bond donors (Lipinski definition) is 0. The molecule has 39 heavy (non-hydrogen) atoms. The number of rotatable bonds is 10. The molecule has 1 amide bonds. The lowest BCUT2D eigenvalue weighted by Gasteiger charge is -2.29. The number of ether oxygens (including phenoxy) is 3. The third kappa shape index (κ3) is 7.21. The molecule has 0 radical (unpaired) electrons. The first kappa shape index (κ1) is 28.7. The lowest BCUT2D eigenvalue weighted by Crippen LogP contribution is -2.34. The van der Waals surface area contributed by atoms with E-state index in [1.807, 2.05) is 0 Å². The summed E-state index contributed by atoms with van der Waals surface area (Å²) in [6, 6.07) is 2.98. The van der Waals surface area contributed by atoms with Crippen molar-refractivity contribution in [3.05, 3.63) is 23.5 Å². The first-order valence-corrected chi connectivity index (χ1v) is 13.5. The van der Waals surface area contributed by atoms with Crippen LogP contribution in [0.3, 0.4) is 0 Å². The molecule has 2 aromatic heterocycles. The lowest BCUT2D eigenvalue weighted by atomic mass is 9.85. The summed E-state index contributed by atoms with van der Waals surface area (Å²) in [5.74, 6) is -0.148. The molecule has 0 N–H and O–H groups in total. The number of amides is 1. The van der Waals surface area contributed by atoms with Crippen molar-refractivity contribution >= 4 is 12.1 Å². The minimum atomic E-state index is -2.90. The Kier molecular flexibility index (Phi) is 9.34. The number of carbonyl (C=O) groups excluding carboxylic acids is 2. The molecular formula is C27H37F2N5O5. The Morgan fingerprint density at radius 1 is 1.15 bits per heavy atom. The third-order valence-electron chi connectivity index (χ3n) is 7.28. The summed E-state index contributed by atoms with van der Waals surface area (Å²) in [5, 5.41) is 8.07. The fourth-order valence-corrected chi connectivity index (χ4v) is 4.94. The average Bonchev–Trinajstić information content (AvgIpc) is 3.24. The van der Waals surface area contributed by atoms with Gasteiger partial charge >= 0.3 is 12.1 Å². The summed E-state index contributed by atoms with van der Waals surface area (Å²) in [5.41, 5.74) is 0.324. The van der Waals surface area contributed by atoms with Crippen LogP contribution in [0, 0.1) is 11.8 Å². The lowest BCUT2D eigenvalue weighted by molar-refractivity contribution is -0.154. The van der Waals surface area contributed by atoms with Crippen LogP contribution in [-0.4, -0.2) is 62.7 Å². The Balaban J connectivity index is 1.45. The fraction of sp³-hybridized carbons (Fsp3) is 0.667. The molecule has 0 aromatic carbocycles. The Labute approximate surface area is 227 Å². The smallest absolute Gasteiger partial charge is 0.409 e. The molecule has 2 aliphatic carbocycles. The number of hydrogen-bond acceptors (Lipinski definition) is 8. The van der Waals surface area contributed by atoms with Crippen molar-refractivity contribution in [1.29, 1.82) is 0 Å². The molecule has 0 spiro atoms. The largest absolute Gasteiger partial charge is 0.488 e. The standard InChI is InChI=1S/C27H37F2N5O5/c1-16(2)38-26(35)18-9-6-10-19(13-18)39-22-12-11-20(30-24(22)25(28)29)23-21(34(4)32-31-23)15-37-27(36)33(3)14-17-7-5-8-17/h11-12,16-19,25H,5-10,13-15H2,1-4H3. The molecule has 2 atom stereocenters. The van der Waals surface area contributed by atoms with Crippen LogP contribution in [0.1, 0.15) is 76.6 Å². The van der Waals surface area contributed by atoms with Gasteiger partial charge in [-0.1, -0.05) is 11.6 Å². The zero-order chi connectivity index (χ0) is 28.1. The number of alkyl halides is 2. The average molecular weight is 550 g/mol. The van der Waals surface area contributed by atoms with Crippen LogP contribution in [0.4, 0.5) is 13.6 Å². The van der Waals surface area contributed by atoms with E-state index in [0.717, 1.165) is 19.3 Å². The number of esters is 1. The van der Waals surface area contributed by atoms with Gasteiger partial charge in [-0.2, -0.15) is 0 Å². The second-order valence-electron chi connectivity index (χ2n) is 10.7. The number of aryl methyl sites for hydroxylation is 1. The molecule has 214 valence electrons. The van der Waals surface area contributed by atoms with Crippen LogP contribution in [-0.2, 0) is 27.9 Å². The van der Waals surface area contributed by atoms with E-state index >= 15 is 0 Å². The van der Waals surface area contributed by atoms with Crippen LogP contribution >= 0.6 is 0 Å². The van der Waals surface area contributed by atoms with Gasteiger partial charge in [0.05, 0.1) is 23.8 Å². The maximum absolute atomic E-state index is 14.1. The van der Waals surface area contributed by atoms with Gasteiger partial charge in [-0.05, 0) is 70.4 Å². The summed E-state index contributed by atoms with van der Waals surface area (Å²) < 4.78 is 46.3. The van der Waals surface area contributed by atoms with E-state index in [4.69, 9.17) is 14.2 Å². The molecule has 2 saturated carbocycles. The minimum absolute atomic E-state index is 0.0360. The normalized spacial score (nSPS) is 19.6. The quantitative estimate of drug-likeness (QED) is 0.378. The van der Waals surface area contributed by atoms with Crippen LogP contribution < -0.4 is 4.74 Å². The fourth-order valence-electron chi connectivity index (χ4n) is 4.94. The predicted molar refractivity (Wildman–Crippen MR) is 137 cm³/mol. The zero-order valence-corrected chi connectivity index (χ0v) is 22.9. The molecule has 10 nitrogen and oxygen atoms in total. The molecular weight excluding hydrogens is 512 g/mol. The Bertz CT molecular complexity index is 1150. The van der Waals surface area contributed by atoms with E-state index < -0.39 is 24.3 Å². The summed E-state index contributed by atoms with van der Waals surface area (Å²) in [6.45, 7) is 4.08. The van der Waals surface area contributed by atoms with Gasteiger partial charge in [-0.25, -0.2) is 23.2 Å². The first-order valence-electron chi connectivity index (χ1n) is 13.5. The van der Waals surface area contributed by atoms with Crippen molar-refractivity contribution in [2.24, 2.45) is 18.9 Å². The van der Waals surface area contributed by atoms with Crippen molar-refractivity contribution in [1.82, 2.24) is 24.9 Å². The second-order valence-corrected chi connectivity index (χ2v) is 10.7. The molecule has 2 fully saturated rings. The number of pyridine rings is 1. The van der Waals surface area contributed by atoms with Gasteiger partial charge in [0.1, 0.15) is 29.4 Å². The Hall–Kier alpha value is -3.31. The van der Waals surface area contributed by atoms with Gasteiger partial charge in [0.15, 0.2) is 0 Å². The van der Waals surface area contributed by atoms with Gasteiger partial charge in [0.2, 0.25) is 0 Å². The number of carbonyl (C=O) groups is 2. The van der Waals surface area contributed by atoms with Gasteiger partial charge < -0.3 is 19.1 Å². The monoisotopic (exact) mass is 549 g/mol. The van der Waals surface area contributed by atoms with Crippen LogP contribution in [0.5, 0.6) is 5.75 Å². The van der Waals surface area contributed by atoms with Crippen molar-refractivity contribution in [3.63, 3.8) is 0 Å². The molecule has 0 aliphatic heterocycles. The van der Waals surface area contributed by atoms with E-state index in [1.165, 1.54) is 23.2 Å². The highest BCUT2D eigenvalue weighted by atomic mass is 19.3. The summed E-state index contributed by atoms with van der Waals surface area (Å²) in [7, 11) is 3.33. The highest BCUT2D eigenvalue weighted by Crippen LogP contribution is 2.35. The highest BCUT2D eigenvalue weighted by Gasteiger charge is 2.31. The maximum atomic E-state index is 14.1. The molecule has 2 heterocycles. The Morgan fingerprint density at radius 2 is 1.90 bits per heavy atom. The summed E-state index contributed by atoms with van der Waals surface area (Å²) >= 11 is 0. The second kappa shape index (κ2) is 12.7. The van der Waals surface area contributed by atoms with Crippen molar-refractivity contribution in [2.75, 3.05) is 13.6 Å². The van der Waals surface area contributed by atoms with E-state index in [9.17, 15) is 18.4 Å². The van der Waals surface area contributed by atoms with Crippen LogP contribution in [0.2, 0.25) is 0 Å². The summed E-state index contributed by atoms with van der Waals surface area (Å²) in [6.07, 6.45) is 1.86. The van der Waals surface area contributed by atoms with Crippen LogP contribution in [0.15, 0.2) is 12.1 Å². The topological polar surface area (TPSA) is 109 Å². The van der Waals surface area contributed by atoms with E-state index in [0.29, 0.717) is 37.4 Å². The molecule has 4 rings (SSSR count).